The van der Waals surface area contributed by atoms with Crippen LogP contribution < -0.4 is 5.73 Å². The molecule has 2 aromatic heterocycles. The predicted octanol–water partition coefficient (Wildman–Crippen LogP) is 1.82. The Morgan fingerprint density at radius 2 is 2.10 bits per heavy atom. The summed E-state index contributed by atoms with van der Waals surface area (Å²) in [6.45, 7) is 1.83. The van der Waals surface area contributed by atoms with E-state index in [1.54, 1.807) is 30.5 Å². The molecule has 3 N–H and O–H groups in total. The smallest absolute Gasteiger partial charge is 0.226 e. The maximum atomic E-state index is 12.4. The number of imidazole rings is 1. The normalized spacial score (nSPS) is 11.9. The van der Waals surface area contributed by atoms with Crippen LogP contribution in [0.5, 0.6) is 0 Å². The number of rotatable bonds is 3. The van der Waals surface area contributed by atoms with Gasteiger partial charge in [0.05, 0.1) is 16.7 Å². The number of aromatic nitrogens is 3. The van der Waals surface area contributed by atoms with Crippen molar-refractivity contribution in [3.8, 4) is 0 Å². The zero-order chi connectivity index (χ0) is 15.0. The quantitative estimate of drug-likeness (QED) is 0.719. The van der Waals surface area contributed by atoms with Crippen LogP contribution in [0, 0.1) is 6.92 Å². The van der Waals surface area contributed by atoms with Crippen molar-refractivity contribution >= 4 is 26.6 Å². The molecule has 0 radical (unpaired) electrons. The second kappa shape index (κ2) is 4.85. The van der Waals surface area contributed by atoms with Gasteiger partial charge >= 0.3 is 0 Å². The van der Waals surface area contributed by atoms with Crippen LogP contribution in [0.1, 0.15) is 11.3 Å². The Bertz CT molecular complexity index is 916. The molecule has 0 spiro atoms. The molecule has 2 heterocycles. The number of aromatic amines is 1. The summed E-state index contributed by atoms with van der Waals surface area (Å²) in [7, 11) is -3.58. The van der Waals surface area contributed by atoms with Gasteiger partial charge in [-0.2, -0.15) is 0 Å². The van der Waals surface area contributed by atoms with Gasteiger partial charge in [-0.3, -0.25) is 4.98 Å². The molecule has 7 heteroatoms. The van der Waals surface area contributed by atoms with Crippen molar-refractivity contribution in [1.82, 2.24) is 15.0 Å². The summed E-state index contributed by atoms with van der Waals surface area (Å²) >= 11 is 0. The van der Waals surface area contributed by atoms with E-state index in [1.807, 2.05) is 13.0 Å². The number of benzene rings is 1. The standard InChI is InChI=1S/C14H14N4O2S/c1-9-3-2-6-16-13(9)8-21(19,20)14-17-11-5-4-10(15)7-12(11)18-14/h2-7H,8,15H2,1H3,(H,17,18). The highest BCUT2D eigenvalue weighted by atomic mass is 32.2. The van der Waals surface area contributed by atoms with E-state index in [9.17, 15) is 8.42 Å². The van der Waals surface area contributed by atoms with Crippen LogP contribution in [0.2, 0.25) is 0 Å². The molecular formula is C14H14N4O2S. The molecule has 0 saturated carbocycles. The molecule has 0 atom stereocenters. The first-order valence-electron chi connectivity index (χ1n) is 6.34. The number of fused-ring (bicyclic) bond motifs is 1. The number of H-pyrrole nitrogens is 1. The molecule has 0 fully saturated rings. The molecule has 0 aliphatic heterocycles. The van der Waals surface area contributed by atoms with Gasteiger partial charge in [0.25, 0.3) is 0 Å². The third kappa shape index (κ3) is 2.59. The highest BCUT2D eigenvalue weighted by Gasteiger charge is 2.21. The van der Waals surface area contributed by atoms with E-state index in [2.05, 4.69) is 15.0 Å². The number of anilines is 1. The first-order valence-corrected chi connectivity index (χ1v) is 7.99. The largest absolute Gasteiger partial charge is 0.399 e. The average molecular weight is 302 g/mol. The first kappa shape index (κ1) is 13.6. The Morgan fingerprint density at radius 1 is 1.29 bits per heavy atom. The summed E-state index contributed by atoms with van der Waals surface area (Å²) in [5.74, 6) is -0.186. The van der Waals surface area contributed by atoms with Crippen LogP contribution in [0.3, 0.4) is 0 Å². The molecule has 108 valence electrons. The van der Waals surface area contributed by atoms with E-state index >= 15 is 0 Å². The number of hydrogen-bond acceptors (Lipinski definition) is 5. The number of hydrogen-bond donors (Lipinski definition) is 2. The number of aryl methyl sites for hydroxylation is 1. The van der Waals surface area contributed by atoms with E-state index in [1.165, 1.54) is 0 Å². The number of nitrogens with zero attached hydrogens (tertiary/aromatic N) is 2. The predicted molar refractivity (Wildman–Crippen MR) is 80.4 cm³/mol. The number of sulfone groups is 1. The summed E-state index contributed by atoms with van der Waals surface area (Å²) in [4.78, 5) is 11.1. The molecule has 0 bridgehead atoms. The minimum Gasteiger partial charge on any atom is -0.399 e. The summed E-state index contributed by atoms with van der Waals surface area (Å²) in [6, 6.07) is 8.63. The van der Waals surface area contributed by atoms with Gasteiger partial charge in [0.15, 0.2) is 0 Å². The molecule has 3 rings (SSSR count). The molecule has 3 aromatic rings. The van der Waals surface area contributed by atoms with Crippen molar-refractivity contribution in [2.75, 3.05) is 5.73 Å². The van der Waals surface area contributed by atoms with Crippen molar-refractivity contribution in [1.29, 1.82) is 0 Å². The van der Waals surface area contributed by atoms with Crippen molar-refractivity contribution in [2.24, 2.45) is 0 Å². The van der Waals surface area contributed by atoms with Gasteiger partial charge in [0.1, 0.15) is 5.75 Å². The van der Waals surface area contributed by atoms with Crippen LogP contribution in [0.15, 0.2) is 41.7 Å². The average Bonchev–Trinajstić information content (AvgIpc) is 2.85. The molecular weight excluding hydrogens is 288 g/mol. The van der Waals surface area contributed by atoms with E-state index in [0.717, 1.165) is 5.56 Å². The SMILES string of the molecule is Cc1cccnc1CS(=O)(=O)c1nc2ccc(N)cc2[nH]1. The molecule has 0 unspecified atom stereocenters. The lowest BCUT2D eigenvalue weighted by Gasteiger charge is -2.03. The number of pyridine rings is 1. The summed E-state index contributed by atoms with van der Waals surface area (Å²) in [5, 5.41) is -0.0619. The maximum Gasteiger partial charge on any atom is 0.226 e. The molecule has 0 aliphatic rings. The minimum absolute atomic E-state index is 0.0619. The third-order valence-electron chi connectivity index (χ3n) is 3.22. The number of nitrogens with one attached hydrogen (secondary N) is 1. The van der Waals surface area contributed by atoms with Gasteiger partial charge in [-0.25, -0.2) is 13.4 Å². The Balaban J connectivity index is 2.02. The van der Waals surface area contributed by atoms with E-state index in [0.29, 0.717) is 22.4 Å². The van der Waals surface area contributed by atoms with Crippen LogP contribution in [0.4, 0.5) is 5.69 Å². The van der Waals surface area contributed by atoms with E-state index in [4.69, 9.17) is 5.73 Å². The lowest BCUT2D eigenvalue weighted by atomic mass is 10.2. The topological polar surface area (TPSA) is 102 Å². The zero-order valence-corrected chi connectivity index (χ0v) is 12.2. The fraction of sp³-hybridized carbons (Fsp3) is 0.143. The fourth-order valence-corrected chi connectivity index (χ4v) is 3.37. The monoisotopic (exact) mass is 302 g/mol. The molecule has 6 nitrogen and oxygen atoms in total. The summed E-state index contributed by atoms with van der Waals surface area (Å²) in [5.41, 5.74) is 8.76. The molecule has 0 aliphatic carbocycles. The van der Waals surface area contributed by atoms with E-state index < -0.39 is 9.84 Å². The second-order valence-corrected chi connectivity index (χ2v) is 6.75. The van der Waals surface area contributed by atoms with Gasteiger partial charge in [0.2, 0.25) is 15.0 Å². The molecule has 21 heavy (non-hydrogen) atoms. The first-order chi connectivity index (χ1) is 9.95. The summed E-state index contributed by atoms with van der Waals surface area (Å²) < 4.78 is 24.9. The molecule has 0 amide bonds. The van der Waals surface area contributed by atoms with Crippen LogP contribution in [-0.4, -0.2) is 23.4 Å². The number of nitrogens with two attached hydrogens (primary N) is 1. The highest BCUT2D eigenvalue weighted by molar-refractivity contribution is 7.90. The Hall–Kier alpha value is -2.41. The Kier molecular flexibility index (Phi) is 3.13. The second-order valence-electron chi connectivity index (χ2n) is 4.84. The van der Waals surface area contributed by atoms with Gasteiger partial charge in [0, 0.05) is 11.9 Å². The zero-order valence-electron chi connectivity index (χ0n) is 11.4. The van der Waals surface area contributed by atoms with E-state index in [-0.39, 0.29) is 10.9 Å². The van der Waals surface area contributed by atoms with Gasteiger partial charge < -0.3 is 10.7 Å². The lowest BCUT2D eigenvalue weighted by molar-refractivity contribution is 0.587. The Morgan fingerprint density at radius 3 is 2.86 bits per heavy atom. The highest BCUT2D eigenvalue weighted by Crippen LogP contribution is 2.20. The van der Waals surface area contributed by atoms with Crippen molar-refractivity contribution < 1.29 is 8.42 Å². The van der Waals surface area contributed by atoms with Crippen molar-refractivity contribution in [3.63, 3.8) is 0 Å². The Labute approximate surface area is 122 Å². The third-order valence-corrected chi connectivity index (χ3v) is 4.66. The van der Waals surface area contributed by atoms with Gasteiger partial charge in [-0.05, 0) is 36.8 Å². The van der Waals surface area contributed by atoms with Gasteiger partial charge in [-0.15, -0.1) is 0 Å². The van der Waals surface area contributed by atoms with Crippen LogP contribution in [-0.2, 0) is 15.6 Å². The van der Waals surface area contributed by atoms with Crippen LogP contribution >= 0.6 is 0 Å². The summed E-state index contributed by atoms with van der Waals surface area (Å²) in [6.07, 6.45) is 1.58. The minimum atomic E-state index is -3.58. The fourth-order valence-electron chi connectivity index (χ4n) is 2.07. The van der Waals surface area contributed by atoms with Gasteiger partial charge in [-0.1, -0.05) is 6.07 Å². The lowest BCUT2D eigenvalue weighted by Crippen LogP contribution is -2.09. The van der Waals surface area contributed by atoms with Crippen molar-refractivity contribution in [2.45, 2.75) is 17.8 Å². The van der Waals surface area contributed by atoms with Crippen LogP contribution in [0.25, 0.3) is 11.0 Å². The van der Waals surface area contributed by atoms with Crippen molar-refractivity contribution in [3.05, 3.63) is 47.8 Å². The number of nitrogen functional groups attached to an aromatic ring is 1. The molecule has 0 saturated heterocycles. The molecule has 1 aromatic carbocycles. The maximum absolute atomic E-state index is 12.4.